The number of ether oxygens (including phenoxy) is 1. The number of benzene rings is 1. The van der Waals surface area contributed by atoms with E-state index < -0.39 is 0 Å². The maximum atomic E-state index is 11.4. The molecule has 0 radical (unpaired) electrons. The van der Waals surface area contributed by atoms with E-state index in [1.165, 1.54) is 0 Å². The third-order valence-electron chi connectivity index (χ3n) is 2.30. The lowest BCUT2D eigenvalue weighted by Gasteiger charge is -2.08. The molecule has 0 aliphatic carbocycles. The van der Waals surface area contributed by atoms with Crippen LogP contribution in [0.2, 0.25) is 0 Å². The van der Waals surface area contributed by atoms with Gasteiger partial charge in [0, 0.05) is 18.3 Å². The van der Waals surface area contributed by atoms with Crippen LogP contribution in [0.5, 0.6) is 0 Å². The van der Waals surface area contributed by atoms with Crippen LogP contribution in [0.15, 0.2) is 24.3 Å². The van der Waals surface area contributed by atoms with E-state index in [2.05, 4.69) is 5.32 Å². The van der Waals surface area contributed by atoms with Crippen LogP contribution in [-0.4, -0.2) is 19.1 Å². The molecule has 0 saturated carbocycles. The van der Waals surface area contributed by atoms with E-state index in [-0.39, 0.29) is 18.6 Å². The molecule has 1 amide bonds. The van der Waals surface area contributed by atoms with Gasteiger partial charge >= 0.3 is 0 Å². The molecule has 0 aromatic heterocycles. The van der Waals surface area contributed by atoms with Gasteiger partial charge in [-0.15, -0.1) is 0 Å². The molecular weight excluding hydrogens is 216 g/mol. The van der Waals surface area contributed by atoms with Crippen molar-refractivity contribution >= 4 is 11.6 Å². The third kappa shape index (κ3) is 4.97. The van der Waals surface area contributed by atoms with Gasteiger partial charge in [-0.05, 0) is 31.0 Å². The summed E-state index contributed by atoms with van der Waals surface area (Å²) in [6, 6.07) is 7.51. The van der Waals surface area contributed by atoms with Crippen LogP contribution in [0.25, 0.3) is 0 Å². The lowest BCUT2D eigenvalue weighted by Crippen LogP contribution is -2.18. The number of anilines is 1. The molecule has 1 unspecified atom stereocenters. The number of rotatable bonds is 6. The van der Waals surface area contributed by atoms with Crippen LogP contribution in [-0.2, 0) is 9.53 Å². The minimum absolute atomic E-state index is 0.00707. The second-order valence-corrected chi connectivity index (χ2v) is 4.01. The first kappa shape index (κ1) is 13.7. The molecule has 0 saturated heterocycles. The Kier molecular flexibility index (Phi) is 5.66. The van der Waals surface area contributed by atoms with E-state index in [1.807, 2.05) is 38.1 Å². The minimum Gasteiger partial charge on any atom is -0.372 e. The van der Waals surface area contributed by atoms with Gasteiger partial charge < -0.3 is 15.8 Å². The molecule has 0 bridgehead atoms. The molecule has 0 aliphatic rings. The predicted octanol–water partition coefficient (Wildman–Crippen LogP) is 2.07. The molecule has 0 spiro atoms. The standard InChI is InChI=1S/C13H20N2O2/c1-3-8-17-9-13(16)15-12-6-4-11(5-7-12)10(2)14/h4-7,10H,3,8-9,14H2,1-2H3,(H,15,16). The highest BCUT2D eigenvalue weighted by Crippen LogP contribution is 2.13. The lowest BCUT2D eigenvalue weighted by atomic mass is 10.1. The average Bonchev–Trinajstić information content (AvgIpc) is 2.30. The Morgan fingerprint density at radius 1 is 1.41 bits per heavy atom. The Hall–Kier alpha value is -1.39. The van der Waals surface area contributed by atoms with E-state index in [9.17, 15) is 4.79 Å². The highest BCUT2D eigenvalue weighted by Gasteiger charge is 2.03. The smallest absolute Gasteiger partial charge is 0.250 e. The molecule has 4 heteroatoms. The molecule has 1 atom stereocenters. The number of carbonyl (C=O) groups is 1. The van der Waals surface area contributed by atoms with Crippen LogP contribution < -0.4 is 11.1 Å². The van der Waals surface area contributed by atoms with Gasteiger partial charge in [0.1, 0.15) is 6.61 Å². The van der Waals surface area contributed by atoms with E-state index in [0.717, 1.165) is 17.7 Å². The topological polar surface area (TPSA) is 64.3 Å². The molecule has 1 aromatic carbocycles. The van der Waals surface area contributed by atoms with Gasteiger partial charge in [-0.25, -0.2) is 0 Å². The van der Waals surface area contributed by atoms with Crippen molar-refractivity contribution in [3.05, 3.63) is 29.8 Å². The van der Waals surface area contributed by atoms with Gasteiger partial charge in [0.2, 0.25) is 5.91 Å². The van der Waals surface area contributed by atoms with E-state index in [1.54, 1.807) is 0 Å². The fourth-order valence-corrected chi connectivity index (χ4v) is 1.38. The summed E-state index contributed by atoms with van der Waals surface area (Å²) in [7, 11) is 0. The van der Waals surface area contributed by atoms with Crippen molar-refractivity contribution in [3.8, 4) is 0 Å². The van der Waals surface area contributed by atoms with E-state index in [4.69, 9.17) is 10.5 Å². The average molecular weight is 236 g/mol. The number of amides is 1. The molecule has 0 fully saturated rings. The number of hydrogen-bond donors (Lipinski definition) is 2. The van der Waals surface area contributed by atoms with E-state index >= 15 is 0 Å². The number of nitrogens with two attached hydrogens (primary N) is 1. The summed E-state index contributed by atoms with van der Waals surface area (Å²) in [6.07, 6.45) is 0.913. The molecule has 1 aromatic rings. The van der Waals surface area contributed by atoms with Crippen LogP contribution in [0, 0.1) is 0 Å². The third-order valence-corrected chi connectivity index (χ3v) is 2.30. The lowest BCUT2D eigenvalue weighted by molar-refractivity contribution is -0.120. The molecule has 0 heterocycles. The van der Waals surface area contributed by atoms with Crippen LogP contribution in [0.3, 0.4) is 0 Å². The quantitative estimate of drug-likeness (QED) is 0.743. The summed E-state index contributed by atoms with van der Waals surface area (Å²) in [5.74, 6) is -0.132. The summed E-state index contributed by atoms with van der Waals surface area (Å²) in [4.78, 5) is 11.4. The zero-order chi connectivity index (χ0) is 12.7. The number of hydrogen-bond acceptors (Lipinski definition) is 3. The van der Waals surface area contributed by atoms with Gasteiger partial charge in [-0.3, -0.25) is 4.79 Å². The summed E-state index contributed by atoms with van der Waals surface area (Å²) >= 11 is 0. The normalized spacial score (nSPS) is 12.2. The second-order valence-electron chi connectivity index (χ2n) is 4.01. The van der Waals surface area contributed by atoms with Crippen molar-refractivity contribution < 1.29 is 9.53 Å². The van der Waals surface area contributed by atoms with Gasteiger partial charge in [0.25, 0.3) is 0 Å². The Labute approximate surface area is 102 Å². The van der Waals surface area contributed by atoms with Crippen molar-refractivity contribution in [2.45, 2.75) is 26.3 Å². The maximum Gasteiger partial charge on any atom is 0.250 e. The summed E-state index contributed by atoms with van der Waals surface area (Å²) in [6.45, 7) is 4.64. The molecule has 3 N–H and O–H groups in total. The fourth-order valence-electron chi connectivity index (χ4n) is 1.38. The zero-order valence-electron chi connectivity index (χ0n) is 10.4. The first-order valence-corrected chi connectivity index (χ1v) is 5.86. The van der Waals surface area contributed by atoms with E-state index in [0.29, 0.717) is 6.61 Å². The highest BCUT2D eigenvalue weighted by molar-refractivity contribution is 5.91. The Balaban J connectivity index is 2.43. The van der Waals surface area contributed by atoms with Gasteiger partial charge in [-0.1, -0.05) is 19.1 Å². The van der Waals surface area contributed by atoms with Crippen LogP contribution >= 0.6 is 0 Å². The SMILES string of the molecule is CCCOCC(=O)Nc1ccc(C(C)N)cc1. The number of carbonyl (C=O) groups excluding carboxylic acids is 1. The number of nitrogens with one attached hydrogen (secondary N) is 1. The first-order chi connectivity index (χ1) is 8.13. The van der Waals surface area contributed by atoms with Crippen molar-refractivity contribution in [1.82, 2.24) is 0 Å². The molecule has 17 heavy (non-hydrogen) atoms. The van der Waals surface area contributed by atoms with Crippen LogP contribution in [0.1, 0.15) is 31.9 Å². The predicted molar refractivity (Wildman–Crippen MR) is 68.8 cm³/mol. The monoisotopic (exact) mass is 236 g/mol. The largest absolute Gasteiger partial charge is 0.372 e. The molecule has 4 nitrogen and oxygen atoms in total. The molecule has 94 valence electrons. The maximum absolute atomic E-state index is 11.4. The van der Waals surface area contributed by atoms with Gasteiger partial charge in [0.05, 0.1) is 0 Å². The first-order valence-electron chi connectivity index (χ1n) is 5.86. The summed E-state index contributed by atoms with van der Waals surface area (Å²) in [5, 5.41) is 2.76. The van der Waals surface area contributed by atoms with Crippen LogP contribution in [0.4, 0.5) is 5.69 Å². The molecule has 0 aliphatic heterocycles. The van der Waals surface area contributed by atoms with Crippen molar-refractivity contribution in [2.24, 2.45) is 5.73 Å². The van der Waals surface area contributed by atoms with Crippen molar-refractivity contribution in [3.63, 3.8) is 0 Å². The Morgan fingerprint density at radius 2 is 2.06 bits per heavy atom. The molecule has 1 rings (SSSR count). The van der Waals surface area contributed by atoms with Crippen molar-refractivity contribution in [1.29, 1.82) is 0 Å². The summed E-state index contributed by atoms with van der Waals surface area (Å²) in [5.41, 5.74) is 7.55. The molecular formula is C13H20N2O2. The van der Waals surface area contributed by atoms with Gasteiger partial charge in [-0.2, -0.15) is 0 Å². The zero-order valence-corrected chi connectivity index (χ0v) is 10.4. The Morgan fingerprint density at radius 3 is 2.59 bits per heavy atom. The van der Waals surface area contributed by atoms with Crippen molar-refractivity contribution in [2.75, 3.05) is 18.5 Å². The highest BCUT2D eigenvalue weighted by atomic mass is 16.5. The Bertz CT molecular complexity index is 347. The second kappa shape index (κ2) is 7.04. The summed E-state index contributed by atoms with van der Waals surface area (Å²) < 4.78 is 5.15. The fraction of sp³-hybridized carbons (Fsp3) is 0.462. The van der Waals surface area contributed by atoms with Gasteiger partial charge in [0.15, 0.2) is 0 Å². The minimum atomic E-state index is -0.132.